The first-order chi connectivity index (χ1) is 11.6. The van der Waals surface area contributed by atoms with Crippen molar-refractivity contribution in [1.82, 2.24) is 20.3 Å². The van der Waals surface area contributed by atoms with E-state index in [-0.39, 0.29) is 11.6 Å². The minimum absolute atomic E-state index is 0.180. The van der Waals surface area contributed by atoms with E-state index in [0.717, 1.165) is 38.0 Å². The zero-order valence-electron chi connectivity index (χ0n) is 14.7. The van der Waals surface area contributed by atoms with Gasteiger partial charge in [0.25, 0.3) is 0 Å². The zero-order chi connectivity index (χ0) is 16.7. The van der Waals surface area contributed by atoms with Crippen LogP contribution in [0.3, 0.4) is 0 Å². The fourth-order valence-electron chi connectivity index (χ4n) is 4.37. The van der Waals surface area contributed by atoms with E-state index >= 15 is 0 Å². The van der Waals surface area contributed by atoms with Crippen LogP contribution in [-0.2, 0) is 30.2 Å². The molecule has 1 aromatic carbocycles. The number of benzene rings is 1. The lowest BCUT2D eigenvalue weighted by Crippen LogP contribution is -2.50. The number of nitrogens with zero attached hydrogens (tertiary/aromatic N) is 3. The summed E-state index contributed by atoms with van der Waals surface area (Å²) in [5.41, 5.74) is 5.07. The SMILES string of the molecule is CCc1ccc2c(c1)CCO[C@@]21C[C@@H](c2cn(C)nn2)N[C@@H](C)C1. The molecule has 0 radical (unpaired) electrons. The van der Waals surface area contributed by atoms with Gasteiger partial charge in [0.1, 0.15) is 0 Å². The minimum Gasteiger partial charge on any atom is -0.370 e. The highest BCUT2D eigenvalue weighted by Crippen LogP contribution is 2.46. The van der Waals surface area contributed by atoms with Gasteiger partial charge in [0.15, 0.2) is 0 Å². The fraction of sp³-hybridized carbons (Fsp3) is 0.579. The highest BCUT2D eigenvalue weighted by atomic mass is 16.5. The monoisotopic (exact) mass is 326 g/mol. The van der Waals surface area contributed by atoms with Crippen LogP contribution in [0.15, 0.2) is 24.4 Å². The van der Waals surface area contributed by atoms with Gasteiger partial charge in [-0.2, -0.15) is 0 Å². The van der Waals surface area contributed by atoms with Crippen LogP contribution >= 0.6 is 0 Å². The summed E-state index contributed by atoms with van der Waals surface area (Å²) < 4.78 is 8.21. The number of fused-ring (bicyclic) bond motifs is 2. The lowest BCUT2D eigenvalue weighted by Gasteiger charge is -2.47. The maximum absolute atomic E-state index is 6.44. The van der Waals surface area contributed by atoms with Crippen molar-refractivity contribution in [3.63, 3.8) is 0 Å². The van der Waals surface area contributed by atoms with Crippen molar-refractivity contribution in [2.75, 3.05) is 6.61 Å². The summed E-state index contributed by atoms with van der Waals surface area (Å²) in [6.45, 7) is 5.26. The molecule has 0 unspecified atom stereocenters. The Bertz CT molecular complexity index is 741. The molecule has 0 amide bonds. The molecular weight excluding hydrogens is 300 g/mol. The van der Waals surface area contributed by atoms with E-state index in [0.29, 0.717) is 6.04 Å². The molecule has 1 saturated heterocycles. The molecule has 5 nitrogen and oxygen atoms in total. The van der Waals surface area contributed by atoms with Gasteiger partial charge in [0.05, 0.1) is 23.9 Å². The topological polar surface area (TPSA) is 52.0 Å². The average molecular weight is 326 g/mol. The first-order valence-electron chi connectivity index (χ1n) is 8.98. The number of aryl methyl sites for hydroxylation is 2. The normalized spacial score (nSPS) is 29.6. The summed E-state index contributed by atoms with van der Waals surface area (Å²) in [5.74, 6) is 0. The van der Waals surface area contributed by atoms with Gasteiger partial charge in [0, 0.05) is 25.7 Å². The number of piperidine rings is 1. The molecule has 2 aromatic rings. The largest absolute Gasteiger partial charge is 0.370 e. The number of hydrogen-bond acceptors (Lipinski definition) is 4. The second-order valence-electron chi connectivity index (χ2n) is 7.28. The number of ether oxygens (including phenoxy) is 1. The Morgan fingerprint density at radius 3 is 3.00 bits per heavy atom. The Balaban J connectivity index is 1.72. The van der Waals surface area contributed by atoms with E-state index in [2.05, 4.69) is 47.7 Å². The molecule has 3 atom stereocenters. The van der Waals surface area contributed by atoms with Crippen LogP contribution in [0.1, 0.15) is 55.1 Å². The van der Waals surface area contributed by atoms with Gasteiger partial charge >= 0.3 is 0 Å². The van der Waals surface area contributed by atoms with Crippen molar-refractivity contribution in [3.05, 3.63) is 46.8 Å². The number of aromatic nitrogens is 3. The average Bonchev–Trinajstić information content (AvgIpc) is 3.01. The summed E-state index contributed by atoms with van der Waals surface area (Å²) in [5, 5.41) is 12.1. The van der Waals surface area contributed by atoms with Gasteiger partial charge in [-0.1, -0.05) is 30.3 Å². The van der Waals surface area contributed by atoms with Crippen molar-refractivity contribution >= 4 is 0 Å². The Morgan fingerprint density at radius 2 is 2.25 bits per heavy atom. The van der Waals surface area contributed by atoms with Crippen LogP contribution < -0.4 is 5.32 Å². The van der Waals surface area contributed by atoms with E-state index in [9.17, 15) is 0 Å². The van der Waals surface area contributed by atoms with Crippen molar-refractivity contribution < 1.29 is 4.74 Å². The van der Waals surface area contributed by atoms with Crippen LogP contribution in [0.5, 0.6) is 0 Å². The second kappa shape index (κ2) is 5.97. The fourth-order valence-corrected chi connectivity index (χ4v) is 4.37. The van der Waals surface area contributed by atoms with Crippen molar-refractivity contribution in [2.24, 2.45) is 7.05 Å². The summed E-state index contributed by atoms with van der Waals surface area (Å²) in [4.78, 5) is 0. The molecule has 0 saturated carbocycles. The predicted octanol–water partition coefficient (Wildman–Crippen LogP) is 2.66. The third kappa shape index (κ3) is 2.66. The van der Waals surface area contributed by atoms with Gasteiger partial charge < -0.3 is 10.1 Å². The van der Waals surface area contributed by atoms with E-state index < -0.39 is 0 Å². The van der Waals surface area contributed by atoms with E-state index in [1.165, 1.54) is 16.7 Å². The van der Waals surface area contributed by atoms with Gasteiger partial charge in [0.2, 0.25) is 0 Å². The summed E-state index contributed by atoms with van der Waals surface area (Å²) in [6, 6.07) is 7.50. The Labute approximate surface area is 143 Å². The second-order valence-corrected chi connectivity index (χ2v) is 7.28. The van der Waals surface area contributed by atoms with Crippen LogP contribution in [-0.4, -0.2) is 27.6 Å². The first kappa shape index (κ1) is 15.8. The maximum atomic E-state index is 6.44. The molecule has 128 valence electrons. The van der Waals surface area contributed by atoms with Gasteiger partial charge in [-0.25, -0.2) is 0 Å². The Hall–Kier alpha value is -1.72. The zero-order valence-corrected chi connectivity index (χ0v) is 14.7. The Kier molecular flexibility index (Phi) is 3.93. The smallest absolute Gasteiger partial charge is 0.0997 e. The number of nitrogens with one attached hydrogen (secondary N) is 1. The van der Waals surface area contributed by atoms with E-state index in [1.54, 1.807) is 4.68 Å². The molecule has 1 N–H and O–H groups in total. The third-order valence-corrected chi connectivity index (χ3v) is 5.45. The molecule has 0 aliphatic carbocycles. The molecule has 24 heavy (non-hydrogen) atoms. The highest BCUT2D eigenvalue weighted by Gasteiger charge is 2.45. The third-order valence-electron chi connectivity index (χ3n) is 5.45. The maximum Gasteiger partial charge on any atom is 0.0997 e. The minimum atomic E-state index is -0.202. The van der Waals surface area contributed by atoms with Crippen LogP contribution in [0.2, 0.25) is 0 Å². The standard InChI is InChI=1S/C19H26N4O/c1-4-14-5-6-16-15(9-14)7-8-24-19(16)10-13(2)20-17(11-19)18-12-23(3)22-21-18/h5-6,9,12-13,17,20H,4,7-8,10-11H2,1-3H3/t13-,17-,19-/m0/s1. The van der Waals surface area contributed by atoms with E-state index in [1.807, 2.05) is 13.2 Å². The van der Waals surface area contributed by atoms with Gasteiger partial charge in [-0.3, -0.25) is 4.68 Å². The molecule has 1 fully saturated rings. The van der Waals surface area contributed by atoms with Crippen LogP contribution in [0, 0.1) is 0 Å². The molecule has 3 heterocycles. The molecule has 0 bridgehead atoms. The lowest BCUT2D eigenvalue weighted by atomic mass is 9.74. The summed E-state index contributed by atoms with van der Waals surface area (Å²) in [6.07, 6.45) is 6.02. The van der Waals surface area contributed by atoms with Crippen LogP contribution in [0.25, 0.3) is 0 Å². The van der Waals surface area contributed by atoms with Crippen molar-refractivity contribution in [1.29, 1.82) is 0 Å². The number of rotatable bonds is 2. The summed E-state index contributed by atoms with van der Waals surface area (Å²) >= 11 is 0. The predicted molar refractivity (Wildman–Crippen MR) is 92.7 cm³/mol. The van der Waals surface area contributed by atoms with Crippen LogP contribution in [0.4, 0.5) is 0 Å². The Morgan fingerprint density at radius 1 is 1.38 bits per heavy atom. The molecule has 4 rings (SSSR count). The molecule has 1 spiro atoms. The van der Waals surface area contributed by atoms with E-state index in [4.69, 9.17) is 4.74 Å². The van der Waals surface area contributed by atoms with Crippen molar-refractivity contribution in [2.45, 2.75) is 57.2 Å². The molecule has 1 aromatic heterocycles. The van der Waals surface area contributed by atoms with Gasteiger partial charge in [-0.15, -0.1) is 5.10 Å². The number of hydrogen-bond donors (Lipinski definition) is 1. The lowest BCUT2D eigenvalue weighted by molar-refractivity contribution is -0.0987. The molecule has 2 aliphatic rings. The van der Waals surface area contributed by atoms with Gasteiger partial charge in [-0.05, 0) is 42.9 Å². The molecular formula is C19H26N4O. The summed E-state index contributed by atoms with van der Waals surface area (Å²) in [7, 11) is 1.91. The first-order valence-corrected chi connectivity index (χ1v) is 8.98. The van der Waals surface area contributed by atoms with Crippen molar-refractivity contribution in [3.8, 4) is 0 Å². The highest BCUT2D eigenvalue weighted by molar-refractivity contribution is 5.39. The molecule has 5 heteroatoms. The molecule has 2 aliphatic heterocycles. The quantitative estimate of drug-likeness (QED) is 0.922.